The van der Waals surface area contributed by atoms with Gasteiger partial charge in [-0.3, -0.25) is 0 Å². The topological polar surface area (TPSA) is 128 Å². The molecule has 0 fully saturated rings. The van der Waals surface area contributed by atoms with Gasteiger partial charge in [0, 0.05) is 41.6 Å². The molecule has 5 rings (SSSR count). The molecule has 0 amide bonds. The molecular weight excluding hydrogens is 600 g/mol. The van der Waals surface area contributed by atoms with E-state index < -0.39 is 39.2 Å². The summed E-state index contributed by atoms with van der Waals surface area (Å²) in [5.74, 6) is -0.102. The first-order chi connectivity index (χ1) is 20.7. The molecule has 44 heavy (non-hydrogen) atoms. The molecule has 3 aromatic carbocycles. The van der Waals surface area contributed by atoms with Gasteiger partial charge in [0.15, 0.2) is 0 Å². The lowest BCUT2D eigenvalue weighted by atomic mass is 9.81. The number of anilines is 4. The molecule has 1 aromatic heterocycles. The summed E-state index contributed by atoms with van der Waals surface area (Å²) >= 11 is 0. The average Bonchev–Trinajstić information content (AvgIpc) is 2.97. The van der Waals surface area contributed by atoms with Gasteiger partial charge >= 0.3 is 6.18 Å². The molecule has 4 bridgehead atoms. The highest BCUT2D eigenvalue weighted by Gasteiger charge is 2.37. The summed E-state index contributed by atoms with van der Waals surface area (Å²) in [4.78, 5) is 9.11. The van der Waals surface area contributed by atoms with Gasteiger partial charge in [0.25, 0.3) is 0 Å². The van der Waals surface area contributed by atoms with E-state index in [1.54, 1.807) is 42.6 Å². The van der Waals surface area contributed by atoms with E-state index in [1.807, 2.05) is 0 Å². The van der Waals surface area contributed by atoms with Crippen molar-refractivity contribution in [3.8, 4) is 11.1 Å². The Bertz CT molecular complexity index is 1770. The Balaban J connectivity index is 1.37. The Morgan fingerprint density at radius 3 is 2.48 bits per heavy atom. The third kappa shape index (κ3) is 6.77. The first-order valence-corrected chi connectivity index (χ1v) is 15.1. The Labute approximate surface area is 251 Å². The van der Waals surface area contributed by atoms with E-state index in [-0.39, 0.29) is 23.0 Å². The number of rotatable bonds is 5. The second-order valence-electron chi connectivity index (χ2n) is 10.8. The number of benzene rings is 3. The van der Waals surface area contributed by atoms with Crippen molar-refractivity contribution in [1.82, 2.24) is 14.7 Å². The van der Waals surface area contributed by atoms with Crippen LogP contribution in [0.15, 0.2) is 77.8 Å². The normalized spacial score (nSPS) is 15.9. The van der Waals surface area contributed by atoms with E-state index in [1.165, 1.54) is 26.0 Å². The van der Waals surface area contributed by atoms with Crippen LogP contribution in [0.2, 0.25) is 0 Å². The van der Waals surface area contributed by atoms with Gasteiger partial charge in [-0.25, -0.2) is 22.5 Å². The van der Waals surface area contributed by atoms with E-state index in [0.29, 0.717) is 53.4 Å². The Morgan fingerprint density at radius 2 is 1.75 bits per heavy atom. The van der Waals surface area contributed by atoms with Gasteiger partial charge in [-0.2, -0.15) is 18.2 Å². The Kier molecular flexibility index (Phi) is 8.51. The van der Waals surface area contributed by atoms with Crippen LogP contribution in [0, 0.1) is 5.82 Å². The molecule has 4 aromatic rings. The summed E-state index contributed by atoms with van der Waals surface area (Å²) in [7, 11) is -3.68. The number of nitrogens with zero attached hydrogens (tertiary/aromatic N) is 2. The zero-order valence-corrected chi connectivity index (χ0v) is 24.5. The number of aromatic nitrogens is 2. The fraction of sp³-hybridized carbons (Fsp3) is 0.267. The fourth-order valence-electron chi connectivity index (χ4n) is 4.67. The highest BCUT2D eigenvalue weighted by Crippen LogP contribution is 2.36. The highest BCUT2D eigenvalue weighted by atomic mass is 32.2. The summed E-state index contributed by atoms with van der Waals surface area (Å²) in [5.41, 5.74) is -0.400. The maximum Gasteiger partial charge on any atom is 0.416 e. The minimum Gasteiger partial charge on any atom is -0.373 e. The molecule has 1 aliphatic heterocycles. The number of alkyl halides is 3. The van der Waals surface area contributed by atoms with Gasteiger partial charge in [0.1, 0.15) is 17.9 Å². The lowest BCUT2D eigenvalue weighted by molar-refractivity contribution is -0.137. The van der Waals surface area contributed by atoms with Crippen molar-refractivity contribution in [3.05, 3.63) is 89.9 Å². The van der Waals surface area contributed by atoms with E-state index >= 15 is 0 Å². The molecule has 0 saturated carbocycles. The predicted molar refractivity (Wildman–Crippen MR) is 160 cm³/mol. The number of halogens is 4. The molecule has 5 N–H and O–H groups in total. The minimum absolute atomic E-state index is 0.119. The smallest absolute Gasteiger partial charge is 0.373 e. The van der Waals surface area contributed by atoms with E-state index in [2.05, 4.69) is 30.6 Å². The zero-order valence-electron chi connectivity index (χ0n) is 23.7. The molecule has 0 radical (unpaired) electrons. The van der Waals surface area contributed by atoms with Gasteiger partial charge in [-0.15, -0.1) is 0 Å². The average molecular weight is 631 g/mol. The van der Waals surface area contributed by atoms with Crippen molar-refractivity contribution >= 4 is 33.2 Å². The first-order valence-electron chi connectivity index (χ1n) is 13.6. The monoisotopic (exact) mass is 630 g/mol. The predicted octanol–water partition coefficient (Wildman–Crippen LogP) is 5.85. The molecule has 0 spiro atoms. The van der Waals surface area contributed by atoms with Crippen LogP contribution in [0.25, 0.3) is 11.1 Å². The quantitative estimate of drug-likeness (QED) is 0.137. The van der Waals surface area contributed by atoms with Crippen LogP contribution in [-0.2, 0) is 21.6 Å². The van der Waals surface area contributed by atoms with Crippen molar-refractivity contribution in [3.63, 3.8) is 0 Å². The third-order valence-corrected chi connectivity index (χ3v) is 8.76. The number of hydrogen-bond donors (Lipinski definition) is 5. The Morgan fingerprint density at radius 1 is 1.00 bits per heavy atom. The van der Waals surface area contributed by atoms with Crippen molar-refractivity contribution in [1.29, 1.82) is 0 Å². The van der Waals surface area contributed by atoms with Crippen molar-refractivity contribution in [2.45, 2.75) is 43.0 Å². The van der Waals surface area contributed by atoms with Crippen LogP contribution in [0.3, 0.4) is 0 Å². The van der Waals surface area contributed by atoms with E-state index in [4.69, 9.17) is 0 Å². The summed E-state index contributed by atoms with van der Waals surface area (Å²) in [6, 6.07) is 15.3. The minimum atomic E-state index is -4.66. The summed E-state index contributed by atoms with van der Waals surface area (Å²) < 4.78 is 82.2. The first kappa shape index (κ1) is 31.2. The molecule has 9 nitrogen and oxygen atoms in total. The van der Waals surface area contributed by atoms with Crippen LogP contribution in [0.1, 0.15) is 31.4 Å². The second kappa shape index (κ2) is 12.0. The summed E-state index contributed by atoms with van der Waals surface area (Å²) in [6.45, 7) is 3.52. The van der Waals surface area contributed by atoms with Gasteiger partial charge in [-0.1, -0.05) is 32.0 Å². The third-order valence-electron chi connectivity index (χ3n) is 7.30. The van der Waals surface area contributed by atoms with Crippen LogP contribution in [-0.4, -0.2) is 42.8 Å². The van der Waals surface area contributed by atoms with Crippen molar-refractivity contribution in [2.24, 2.45) is 0 Å². The summed E-state index contributed by atoms with van der Waals surface area (Å²) in [5, 5.41) is 20.0. The van der Waals surface area contributed by atoms with E-state index in [9.17, 15) is 31.1 Å². The van der Waals surface area contributed by atoms with Gasteiger partial charge in [0.2, 0.25) is 16.0 Å². The lowest BCUT2D eigenvalue weighted by Gasteiger charge is -2.33. The fourth-order valence-corrected chi connectivity index (χ4v) is 5.79. The number of sulfonamides is 1. The molecule has 1 atom stereocenters. The van der Waals surface area contributed by atoms with Gasteiger partial charge < -0.3 is 21.1 Å². The van der Waals surface area contributed by atoms with Crippen LogP contribution < -0.4 is 20.7 Å². The number of nitrogens with one attached hydrogen (secondary N) is 4. The summed E-state index contributed by atoms with van der Waals surface area (Å²) in [6.07, 6.45) is -3.99. The SMILES string of the molecule is CC(C)(c1cc(C(F)(F)F)ccc1F)C(O)Nc1ccc(-c2cnc3nc2NCCCNS(=O)(=O)c2cccc(c2)N3)cc1. The molecule has 1 unspecified atom stereocenters. The van der Waals surface area contributed by atoms with Crippen molar-refractivity contribution < 1.29 is 31.1 Å². The molecule has 0 saturated heterocycles. The molecule has 0 aliphatic carbocycles. The van der Waals surface area contributed by atoms with E-state index in [0.717, 1.165) is 6.07 Å². The number of aliphatic hydroxyl groups is 1. The lowest BCUT2D eigenvalue weighted by Crippen LogP contribution is -2.40. The molecule has 232 valence electrons. The van der Waals surface area contributed by atoms with Crippen LogP contribution in [0.4, 0.5) is 40.7 Å². The molecular formula is C30H30F4N6O3S. The molecule has 2 heterocycles. The largest absolute Gasteiger partial charge is 0.416 e. The van der Waals surface area contributed by atoms with Crippen LogP contribution in [0.5, 0.6) is 0 Å². The highest BCUT2D eigenvalue weighted by molar-refractivity contribution is 7.89. The maximum absolute atomic E-state index is 14.6. The van der Waals surface area contributed by atoms with Crippen LogP contribution >= 0.6 is 0 Å². The number of fused-ring (bicyclic) bond motifs is 4. The van der Waals surface area contributed by atoms with Crippen molar-refractivity contribution in [2.75, 3.05) is 29.0 Å². The van der Waals surface area contributed by atoms with Gasteiger partial charge in [-0.05, 0) is 66.1 Å². The molecule has 14 heteroatoms. The molecule has 1 aliphatic rings. The maximum atomic E-state index is 14.6. The number of aliphatic hydroxyl groups excluding tert-OH is 1. The van der Waals surface area contributed by atoms with Gasteiger partial charge in [0.05, 0.1) is 10.5 Å². The Hall–Kier alpha value is -4.27. The second-order valence-corrected chi connectivity index (χ2v) is 12.6. The standard InChI is InChI=1S/C30H30F4N6O3S/c1-29(2,24-15-19(30(32,33)34)9-12-25(24)31)27(41)38-20-10-7-18(8-11-20)23-17-36-28-39-21-5-3-6-22(16-21)44(42,43)37-14-4-13-35-26(23)40-28/h3,5-12,15-17,27,37-38,41H,4,13-14H2,1-2H3,(H2,35,36,39,40). The zero-order chi connectivity index (χ0) is 31.7. The number of hydrogen-bond acceptors (Lipinski definition) is 8.